The SMILES string of the molecule is CCC1(CC)CC(Nc2nc3ccccn3n2)CCO1. The maximum atomic E-state index is 6.00. The molecule has 3 rings (SSSR count). The number of nitrogens with one attached hydrogen (secondary N) is 1. The van der Waals surface area contributed by atoms with Crippen LogP contribution in [0.15, 0.2) is 24.4 Å². The minimum absolute atomic E-state index is 0.0229. The van der Waals surface area contributed by atoms with Gasteiger partial charge in [-0.25, -0.2) is 4.52 Å². The molecule has 2 aromatic rings. The average molecular weight is 274 g/mol. The zero-order valence-electron chi connectivity index (χ0n) is 12.2. The van der Waals surface area contributed by atoms with E-state index in [9.17, 15) is 0 Å². The highest BCUT2D eigenvalue weighted by Crippen LogP contribution is 2.32. The van der Waals surface area contributed by atoms with Crippen molar-refractivity contribution in [2.45, 2.75) is 51.2 Å². The lowest BCUT2D eigenvalue weighted by Gasteiger charge is -2.40. The number of pyridine rings is 1. The summed E-state index contributed by atoms with van der Waals surface area (Å²) in [5.41, 5.74) is 0.897. The quantitative estimate of drug-likeness (QED) is 0.931. The third-order valence-electron chi connectivity index (χ3n) is 4.36. The third kappa shape index (κ3) is 2.50. The molecule has 1 unspecified atom stereocenters. The van der Waals surface area contributed by atoms with Gasteiger partial charge < -0.3 is 10.1 Å². The molecule has 0 saturated carbocycles. The van der Waals surface area contributed by atoms with Gasteiger partial charge in [0.1, 0.15) is 0 Å². The molecule has 20 heavy (non-hydrogen) atoms. The maximum Gasteiger partial charge on any atom is 0.243 e. The molecule has 2 aromatic heterocycles. The summed E-state index contributed by atoms with van der Waals surface area (Å²) in [4.78, 5) is 4.51. The highest BCUT2D eigenvalue weighted by atomic mass is 16.5. The topological polar surface area (TPSA) is 51.5 Å². The van der Waals surface area contributed by atoms with Crippen LogP contribution in [0.1, 0.15) is 39.5 Å². The van der Waals surface area contributed by atoms with E-state index in [2.05, 4.69) is 29.2 Å². The number of nitrogens with zero attached hydrogens (tertiary/aromatic N) is 3. The molecule has 1 saturated heterocycles. The normalized spacial score (nSPS) is 22.0. The minimum atomic E-state index is 0.0229. The first-order valence-electron chi connectivity index (χ1n) is 7.46. The van der Waals surface area contributed by atoms with Crippen LogP contribution in [-0.4, -0.2) is 32.8 Å². The first kappa shape index (κ1) is 13.4. The molecular weight excluding hydrogens is 252 g/mol. The van der Waals surface area contributed by atoms with Crippen LogP contribution in [-0.2, 0) is 4.74 Å². The van der Waals surface area contributed by atoms with E-state index >= 15 is 0 Å². The van der Waals surface area contributed by atoms with Gasteiger partial charge in [-0.15, -0.1) is 5.10 Å². The highest BCUT2D eigenvalue weighted by Gasteiger charge is 2.34. The van der Waals surface area contributed by atoms with Crippen molar-refractivity contribution in [3.05, 3.63) is 24.4 Å². The zero-order valence-corrected chi connectivity index (χ0v) is 12.2. The Morgan fingerprint density at radius 1 is 1.40 bits per heavy atom. The Morgan fingerprint density at radius 3 is 3.00 bits per heavy atom. The first-order valence-corrected chi connectivity index (χ1v) is 7.46. The van der Waals surface area contributed by atoms with Crippen LogP contribution in [0.25, 0.3) is 5.65 Å². The average Bonchev–Trinajstić information content (AvgIpc) is 2.89. The van der Waals surface area contributed by atoms with Crippen molar-refractivity contribution in [2.75, 3.05) is 11.9 Å². The van der Waals surface area contributed by atoms with Gasteiger partial charge in [0.2, 0.25) is 5.95 Å². The second-order valence-electron chi connectivity index (χ2n) is 5.51. The van der Waals surface area contributed by atoms with Gasteiger partial charge >= 0.3 is 0 Å². The van der Waals surface area contributed by atoms with Gasteiger partial charge in [-0.05, 0) is 37.8 Å². The van der Waals surface area contributed by atoms with E-state index in [1.54, 1.807) is 4.52 Å². The number of hydrogen-bond donors (Lipinski definition) is 1. The molecule has 0 aliphatic carbocycles. The Kier molecular flexibility index (Phi) is 3.61. The number of anilines is 1. The molecule has 1 aliphatic heterocycles. The fourth-order valence-electron chi connectivity index (χ4n) is 2.97. The summed E-state index contributed by atoms with van der Waals surface area (Å²) in [5.74, 6) is 0.712. The molecule has 0 aromatic carbocycles. The minimum Gasteiger partial charge on any atom is -0.375 e. The summed E-state index contributed by atoms with van der Waals surface area (Å²) in [5, 5.41) is 7.93. The van der Waals surface area contributed by atoms with E-state index in [4.69, 9.17) is 4.74 Å². The molecule has 108 valence electrons. The number of ether oxygens (including phenoxy) is 1. The monoisotopic (exact) mass is 274 g/mol. The fraction of sp³-hybridized carbons (Fsp3) is 0.600. The molecular formula is C15H22N4O. The van der Waals surface area contributed by atoms with E-state index in [-0.39, 0.29) is 5.60 Å². The molecule has 3 heterocycles. The Balaban J connectivity index is 1.73. The lowest BCUT2D eigenvalue weighted by Crippen LogP contribution is -2.43. The van der Waals surface area contributed by atoms with Crippen molar-refractivity contribution in [3.8, 4) is 0 Å². The summed E-state index contributed by atoms with van der Waals surface area (Å²) >= 11 is 0. The first-order chi connectivity index (χ1) is 9.74. The van der Waals surface area contributed by atoms with E-state index in [1.807, 2.05) is 24.4 Å². The van der Waals surface area contributed by atoms with Crippen LogP contribution < -0.4 is 5.32 Å². The molecule has 1 N–H and O–H groups in total. The molecule has 1 atom stereocenters. The second kappa shape index (κ2) is 5.40. The summed E-state index contributed by atoms with van der Waals surface area (Å²) in [7, 11) is 0. The molecule has 0 radical (unpaired) electrons. The van der Waals surface area contributed by atoms with Crippen molar-refractivity contribution in [3.63, 3.8) is 0 Å². The van der Waals surface area contributed by atoms with Crippen LogP contribution in [0, 0.1) is 0 Å². The fourth-order valence-corrected chi connectivity index (χ4v) is 2.97. The highest BCUT2D eigenvalue weighted by molar-refractivity contribution is 5.43. The predicted octanol–water partition coefficient (Wildman–Crippen LogP) is 2.88. The largest absolute Gasteiger partial charge is 0.375 e. The van der Waals surface area contributed by atoms with E-state index in [0.29, 0.717) is 12.0 Å². The molecule has 1 fully saturated rings. The van der Waals surface area contributed by atoms with Crippen LogP contribution in [0.5, 0.6) is 0 Å². The molecule has 0 amide bonds. The smallest absolute Gasteiger partial charge is 0.243 e. The number of hydrogen-bond acceptors (Lipinski definition) is 4. The summed E-state index contributed by atoms with van der Waals surface area (Å²) in [6.45, 7) is 5.22. The van der Waals surface area contributed by atoms with E-state index in [0.717, 1.165) is 37.9 Å². The van der Waals surface area contributed by atoms with Gasteiger partial charge in [-0.1, -0.05) is 19.9 Å². The molecule has 0 spiro atoms. The molecule has 0 bridgehead atoms. The maximum absolute atomic E-state index is 6.00. The Morgan fingerprint density at radius 2 is 2.25 bits per heavy atom. The van der Waals surface area contributed by atoms with Crippen molar-refractivity contribution >= 4 is 11.6 Å². The standard InChI is InChI=1S/C15H22N4O/c1-3-15(4-2)11-12(8-10-20-15)16-14-17-13-7-5-6-9-19(13)18-14/h5-7,9,12H,3-4,8,10-11H2,1-2H3,(H,16,18). The summed E-state index contributed by atoms with van der Waals surface area (Å²) in [6, 6.07) is 6.28. The van der Waals surface area contributed by atoms with Gasteiger partial charge in [0, 0.05) is 18.8 Å². The van der Waals surface area contributed by atoms with Gasteiger partial charge in [0.15, 0.2) is 5.65 Å². The lowest BCUT2D eigenvalue weighted by molar-refractivity contribution is -0.0865. The van der Waals surface area contributed by atoms with Crippen molar-refractivity contribution in [2.24, 2.45) is 0 Å². The Labute approximate surface area is 119 Å². The predicted molar refractivity (Wildman–Crippen MR) is 78.9 cm³/mol. The second-order valence-corrected chi connectivity index (χ2v) is 5.51. The summed E-state index contributed by atoms with van der Waals surface area (Å²) in [6.07, 6.45) is 6.06. The van der Waals surface area contributed by atoms with Crippen molar-refractivity contribution in [1.29, 1.82) is 0 Å². The Bertz CT molecular complexity index is 543. The Hall–Kier alpha value is -1.62. The zero-order chi connectivity index (χ0) is 14.0. The molecule has 1 aliphatic rings. The lowest BCUT2D eigenvalue weighted by atomic mass is 9.86. The number of fused-ring (bicyclic) bond motifs is 1. The van der Waals surface area contributed by atoms with Crippen molar-refractivity contribution < 1.29 is 4.74 Å². The van der Waals surface area contributed by atoms with E-state index < -0.39 is 0 Å². The van der Waals surface area contributed by atoms with Crippen LogP contribution in [0.2, 0.25) is 0 Å². The number of aromatic nitrogens is 3. The van der Waals surface area contributed by atoms with Gasteiger partial charge in [0.25, 0.3) is 0 Å². The molecule has 5 heteroatoms. The van der Waals surface area contributed by atoms with E-state index in [1.165, 1.54) is 0 Å². The van der Waals surface area contributed by atoms with Gasteiger partial charge in [-0.2, -0.15) is 4.98 Å². The molecule has 5 nitrogen and oxygen atoms in total. The van der Waals surface area contributed by atoms with Crippen LogP contribution >= 0.6 is 0 Å². The van der Waals surface area contributed by atoms with Gasteiger partial charge in [0.05, 0.1) is 5.60 Å². The van der Waals surface area contributed by atoms with Gasteiger partial charge in [-0.3, -0.25) is 0 Å². The number of rotatable bonds is 4. The third-order valence-corrected chi connectivity index (χ3v) is 4.36. The van der Waals surface area contributed by atoms with Crippen LogP contribution in [0.4, 0.5) is 5.95 Å². The van der Waals surface area contributed by atoms with Crippen LogP contribution in [0.3, 0.4) is 0 Å². The van der Waals surface area contributed by atoms with Crippen molar-refractivity contribution in [1.82, 2.24) is 14.6 Å². The summed E-state index contributed by atoms with van der Waals surface area (Å²) < 4.78 is 7.80.